The monoisotopic (exact) mass is 329 g/mol. The Hall–Kier alpha value is -1.11. The lowest BCUT2D eigenvalue weighted by molar-refractivity contribution is 0.0697. The van der Waals surface area contributed by atoms with Crippen molar-refractivity contribution >= 4 is 27.6 Å². The number of hydrogen-bond donors (Lipinski definition) is 1. The minimum atomic E-state index is -3.59. The summed E-state index contributed by atoms with van der Waals surface area (Å²) in [5.74, 6) is -0.235. The van der Waals surface area contributed by atoms with Crippen molar-refractivity contribution in [3.63, 3.8) is 0 Å². The largest absolute Gasteiger partial charge is 0.478 e. The van der Waals surface area contributed by atoms with Crippen LogP contribution in [0.15, 0.2) is 23.1 Å². The Balaban J connectivity index is 1.89. The molecule has 2 fully saturated rings. The van der Waals surface area contributed by atoms with E-state index in [2.05, 4.69) is 0 Å². The molecule has 1 aromatic rings. The van der Waals surface area contributed by atoms with Gasteiger partial charge in [-0.15, -0.1) is 0 Å². The highest BCUT2D eigenvalue weighted by molar-refractivity contribution is 7.89. The van der Waals surface area contributed by atoms with E-state index in [1.807, 2.05) is 0 Å². The summed E-state index contributed by atoms with van der Waals surface area (Å²) < 4.78 is 26.7. The van der Waals surface area contributed by atoms with Gasteiger partial charge in [0.05, 0.1) is 15.5 Å². The zero-order chi connectivity index (χ0) is 15.2. The summed E-state index contributed by atoms with van der Waals surface area (Å²) in [6.45, 7) is 1.12. The maximum Gasteiger partial charge on any atom is 0.337 e. The molecule has 1 saturated heterocycles. The fourth-order valence-corrected chi connectivity index (χ4v) is 5.27. The van der Waals surface area contributed by atoms with Gasteiger partial charge < -0.3 is 5.11 Å². The third-order valence-electron chi connectivity index (χ3n) is 4.50. The number of carboxylic acid groups (broad SMARTS) is 1. The molecule has 3 rings (SSSR count). The molecule has 1 N–H and O–H groups in total. The van der Waals surface area contributed by atoms with Crippen LogP contribution >= 0.6 is 11.6 Å². The van der Waals surface area contributed by atoms with E-state index in [1.54, 1.807) is 0 Å². The summed E-state index contributed by atoms with van der Waals surface area (Å²) in [5.41, 5.74) is -0.0890. The van der Waals surface area contributed by atoms with Gasteiger partial charge in [0, 0.05) is 13.1 Å². The van der Waals surface area contributed by atoms with Crippen LogP contribution in [-0.4, -0.2) is 36.9 Å². The smallest absolute Gasteiger partial charge is 0.337 e. The maximum absolute atomic E-state index is 12.6. The van der Waals surface area contributed by atoms with Crippen LogP contribution in [0.4, 0.5) is 0 Å². The Morgan fingerprint density at radius 3 is 2.38 bits per heavy atom. The fraction of sp³-hybridized carbons (Fsp3) is 0.500. The van der Waals surface area contributed by atoms with Gasteiger partial charge in [-0.05, 0) is 42.9 Å². The van der Waals surface area contributed by atoms with Crippen molar-refractivity contribution in [2.75, 3.05) is 13.1 Å². The predicted molar refractivity (Wildman–Crippen MR) is 78.0 cm³/mol. The number of aromatic carboxylic acids is 1. The van der Waals surface area contributed by atoms with Crippen molar-refractivity contribution < 1.29 is 18.3 Å². The summed E-state index contributed by atoms with van der Waals surface area (Å²) in [6.07, 6.45) is 3.37. The maximum atomic E-state index is 12.6. The molecule has 2 aliphatic rings. The number of carbonyl (C=O) groups is 1. The van der Waals surface area contributed by atoms with E-state index < -0.39 is 16.0 Å². The van der Waals surface area contributed by atoms with Crippen molar-refractivity contribution in [2.45, 2.75) is 24.2 Å². The molecule has 2 unspecified atom stereocenters. The second-order valence-corrected chi connectivity index (χ2v) is 8.07. The lowest BCUT2D eigenvalue weighted by Crippen LogP contribution is -2.29. The number of sulfonamides is 1. The first kappa shape index (κ1) is 14.8. The average Bonchev–Trinajstić information content (AvgIpc) is 2.98. The molecule has 0 bridgehead atoms. The van der Waals surface area contributed by atoms with Crippen LogP contribution in [0.1, 0.15) is 29.6 Å². The van der Waals surface area contributed by atoms with Gasteiger partial charge >= 0.3 is 5.97 Å². The van der Waals surface area contributed by atoms with Crippen molar-refractivity contribution in [1.82, 2.24) is 4.31 Å². The number of nitrogens with zero attached hydrogens (tertiary/aromatic N) is 1. The van der Waals surface area contributed by atoms with Crippen LogP contribution in [0, 0.1) is 11.8 Å². The van der Waals surface area contributed by atoms with Gasteiger partial charge in [0.1, 0.15) is 0 Å². The molecule has 0 radical (unpaired) electrons. The van der Waals surface area contributed by atoms with Gasteiger partial charge in [-0.3, -0.25) is 0 Å². The van der Waals surface area contributed by atoms with E-state index in [0.717, 1.165) is 12.8 Å². The average molecular weight is 330 g/mol. The predicted octanol–water partition coefficient (Wildman–Crippen LogP) is 2.46. The van der Waals surface area contributed by atoms with Crippen molar-refractivity contribution in [3.8, 4) is 0 Å². The number of hydrogen-bond acceptors (Lipinski definition) is 3. The molecule has 0 aromatic heterocycles. The summed E-state index contributed by atoms with van der Waals surface area (Å²) in [5, 5.41) is 8.88. The first-order valence-electron chi connectivity index (χ1n) is 6.92. The molecule has 0 spiro atoms. The van der Waals surface area contributed by atoms with E-state index in [9.17, 15) is 13.2 Å². The second-order valence-electron chi connectivity index (χ2n) is 5.72. The van der Waals surface area contributed by atoms with E-state index >= 15 is 0 Å². The molecule has 1 aromatic carbocycles. The normalized spacial score (nSPS) is 26.0. The van der Waals surface area contributed by atoms with Crippen LogP contribution in [0.3, 0.4) is 0 Å². The summed E-state index contributed by atoms with van der Waals surface area (Å²) >= 11 is 5.87. The van der Waals surface area contributed by atoms with Gasteiger partial charge in [-0.1, -0.05) is 18.0 Å². The van der Waals surface area contributed by atoms with Gasteiger partial charge in [0.25, 0.3) is 0 Å². The van der Waals surface area contributed by atoms with Crippen molar-refractivity contribution in [2.24, 2.45) is 11.8 Å². The first-order valence-corrected chi connectivity index (χ1v) is 8.74. The van der Waals surface area contributed by atoms with Gasteiger partial charge in [-0.2, -0.15) is 4.31 Å². The molecule has 2 atom stereocenters. The van der Waals surface area contributed by atoms with E-state index in [0.29, 0.717) is 24.9 Å². The Kier molecular flexibility index (Phi) is 3.71. The number of benzene rings is 1. The lowest BCUT2D eigenvalue weighted by atomic mass is 10.0. The Morgan fingerprint density at radius 1 is 1.24 bits per heavy atom. The third kappa shape index (κ3) is 2.56. The van der Waals surface area contributed by atoms with Gasteiger partial charge in [-0.25, -0.2) is 13.2 Å². The Morgan fingerprint density at radius 2 is 1.86 bits per heavy atom. The minimum Gasteiger partial charge on any atom is -0.478 e. The molecule has 5 nitrogen and oxygen atoms in total. The highest BCUT2D eigenvalue weighted by Gasteiger charge is 2.41. The summed E-state index contributed by atoms with van der Waals surface area (Å²) in [6, 6.07) is 3.79. The minimum absolute atomic E-state index is 0.0528. The standard InChI is InChI=1S/C14H16ClNO4S/c15-13-6-11(4-5-12(13)14(17)18)21(19,20)16-7-9-2-1-3-10(9)8-16/h4-6,9-10H,1-3,7-8H2,(H,17,18). The van der Waals surface area contributed by atoms with Gasteiger partial charge in [0.15, 0.2) is 0 Å². The van der Waals surface area contributed by atoms with E-state index in [4.69, 9.17) is 16.7 Å². The zero-order valence-electron chi connectivity index (χ0n) is 11.3. The molecule has 1 saturated carbocycles. The molecule has 1 aliphatic carbocycles. The molecule has 114 valence electrons. The first-order chi connectivity index (χ1) is 9.89. The summed E-state index contributed by atoms with van der Waals surface area (Å²) in [7, 11) is -3.59. The topological polar surface area (TPSA) is 74.7 Å². The number of halogens is 1. The molecule has 1 heterocycles. The fourth-order valence-electron chi connectivity index (χ4n) is 3.37. The Labute approximate surface area is 128 Å². The highest BCUT2D eigenvalue weighted by atomic mass is 35.5. The molecular weight excluding hydrogens is 314 g/mol. The highest BCUT2D eigenvalue weighted by Crippen LogP contribution is 2.40. The van der Waals surface area contributed by atoms with E-state index in [-0.39, 0.29) is 15.5 Å². The van der Waals surface area contributed by atoms with Crippen molar-refractivity contribution in [3.05, 3.63) is 28.8 Å². The molecule has 0 amide bonds. The SMILES string of the molecule is O=C(O)c1ccc(S(=O)(=O)N2CC3CCCC3C2)cc1Cl. The lowest BCUT2D eigenvalue weighted by Gasteiger charge is -2.17. The Bertz CT molecular complexity index is 676. The van der Waals surface area contributed by atoms with Crippen LogP contribution in [-0.2, 0) is 10.0 Å². The van der Waals surface area contributed by atoms with Gasteiger partial charge in [0.2, 0.25) is 10.0 Å². The van der Waals surface area contributed by atoms with Crippen LogP contribution < -0.4 is 0 Å². The van der Waals surface area contributed by atoms with Crippen LogP contribution in [0.2, 0.25) is 5.02 Å². The third-order valence-corrected chi connectivity index (χ3v) is 6.64. The molecule has 1 aliphatic heterocycles. The molecule has 7 heteroatoms. The number of rotatable bonds is 3. The zero-order valence-corrected chi connectivity index (χ0v) is 12.9. The van der Waals surface area contributed by atoms with E-state index in [1.165, 1.54) is 28.9 Å². The van der Waals surface area contributed by atoms with Crippen molar-refractivity contribution in [1.29, 1.82) is 0 Å². The number of fused-ring (bicyclic) bond motifs is 1. The quantitative estimate of drug-likeness (QED) is 0.924. The summed E-state index contributed by atoms with van der Waals surface area (Å²) in [4.78, 5) is 11.0. The molecule has 21 heavy (non-hydrogen) atoms. The number of carboxylic acids is 1. The van der Waals surface area contributed by atoms with Crippen LogP contribution in [0.5, 0.6) is 0 Å². The van der Waals surface area contributed by atoms with Crippen LogP contribution in [0.25, 0.3) is 0 Å². The molecular formula is C14H16ClNO4S. The second kappa shape index (κ2) is 5.26.